The average molecular weight is 1960 g/mol. The molecule has 22 heteroatoms. The molecule has 0 aromatic heterocycles. The van der Waals surface area contributed by atoms with E-state index in [-0.39, 0.29) is 148 Å². The molecule has 1 heterocycles. The second-order valence-electron chi connectivity index (χ2n) is 35.2. The molecule has 738 valence electrons. The van der Waals surface area contributed by atoms with Gasteiger partial charge in [-0.3, -0.25) is 19.2 Å². The van der Waals surface area contributed by atoms with Crippen molar-refractivity contribution in [2.45, 2.75) is 121 Å². The number of ether oxygens (including phenoxy) is 14. The van der Waals surface area contributed by atoms with E-state index in [4.69, 9.17) is 66.3 Å². The van der Waals surface area contributed by atoms with Crippen LogP contribution in [0.2, 0.25) is 0 Å². The molecule has 2 unspecified atom stereocenters. The maximum Gasteiger partial charge on any atom is 0.218 e. The van der Waals surface area contributed by atoms with E-state index in [1.54, 1.807) is 176 Å². The molecule has 0 radical (unpaired) electrons. The molecule has 18 rings (SSSR count). The van der Waals surface area contributed by atoms with E-state index in [1.807, 2.05) is 218 Å². The van der Waals surface area contributed by atoms with Crippen molar-refractivity contribution in [3.63, 3.8) is 0 Å². The van der Waals surface area contributed by atoms with E-state index in [1.165, 1.54) is 24.3 Å². The van der Waals surface area contributed by atoms with E-state index in [0.717, 1.165) is 29.8 Å². The number of hydrogen-bond donors (Lipinski definition) is 4. The predicted molar refractivity (Wildman–Crippen MR) is 553 cm³/mol. The molecule has 1 aliphatic rings. The van der Waals surface area contributed by atoms with Crippen molar-refractivity contribution < 1.29 is 106 Å². The number of carbonyl (C=O) groups is 4. The highest BCUT2D eigenvalue weighted by molar-refractivity contribution is 6.20. The summed E-state index contributed by atoms with van der Waals surface area (Å²) < 4.78 is 96.3. The molecule has 4 N–H and O–H groups in total. The highest BCUT2D eigenvalue weighted by Gasteiger charge is 2.82. The Labute approximate surface area is 851 Å². The summed E-state index contributed by atoms with van der Waals surface area (Å²) in [6.45, 7) is -3.00. The van der Waals surface area contributed by atoms with Gasteiger partial charge >= 0.3 is 0 Å². The summed E-state index contributed by atoms with van der Waals surface area (Å²) in [4.78, 5) is 73.2. The Morgan fingerprint density at radius 3 is 0.578 bits per heavy atom. The number of Topliss-reactive ketones (excluding diaryl/α,β-unsaturated/α-hetero) is 4. The third kappa shape index (κ3) is 24.3. The Morgan fingerprint density at radius 1 is 0.218 bits per heavy atom. The van der Waals surface area contributed by atoms with Gasteiger partial charge in [-0.05, 0) is 121 Å². The Morgan fingerprint density at radius 2 is 0.381 bits per heavy atom. The third-order valence-electron chi connectivity index (χ3n) is 24.9. The molecule has 0 amide bonds. The summed E-state index contributed by atoms with van der Waals surface area (Å²) in [5, 5.41) is 63.1. The smallest absolute Gasteiger partial charge is 0.218 e. The van der Waals surface area contributed by atoms with Crippen molar-refractivity contribution in [3.8, 4) is 69.0 Å². The molecule has 17 aromatic carbocycles. The standard InChI is InChI=1S/C125H106O22/c126-112(100-66-104(134-74-87-40-14-1-15-41-87)114(142-82-95-56-30-9-31-57-95)105(67-100)135-75-88-42-16-2-17-43-88)113(127)121-123(131,118(128)101-68-106(136-76-89-44-18-3-19-45-89)115(143-83-96-58-32-10-33-59-96)107(69-101)137-77-90-46-20-4-21-47-90)125(133,120(130)103-72-110(140-80-93-52-26-7-27-53-93)117(145-85-98-62-36-12-37-63-98)111(73-103)141-81-94-54-28-8-29-55-94)124(132,122(147-121)146-86-99-64-38-13-39-65-99)119(129)102-70-108(138-78-91-48-22-5-23-49-91)116(144-84-97-60-34-11-35-61-97)109(71-102)139-79-92-50-24-6-25-51-92/h1-73,113,121-122,127,131-133H,74-86H2/t113?,121-,122?,123-,124+,125+/m1/s1. The quantitative estimate of drug-likeness (QED) is 0.0258. The number of benzene rings is 17. The SMILES string of the molecule is O=C(c1cc(OCc2ccccc2)c(OCc2ccccc2)c(OCc2ccccc2)c1)C(O)[C@H]1OC(OCc2ccccc2)[C@@](O)(C(=O)c2cc(OCc3ccccc3)c(OCc3ccccc3)c(OCc3ccccc3)c2)[C@](O)(C(=O)c2cc(OCc3ccccc3)c(OCc3ccccc3)c(OCc3ccccc3)c2)[C@@]1(O)C(=O)c1cc(OCc2ccccc2)c(OCc2ccccc2)c(OCc2ccccc2)c1. The Balaban J connectivity index is 0.927. The zero-order chi connectivity index (χ0) is 101. The van der Waals surface area contributed by atoms with Gasteiger partial charge in [0, 0.05) is 22.3 Å². The molecule has 0 bridgehead atoms. The lowest BCUT2D eigenvalue weighted by Crippen LogP contribution is -2.88. The number of carbonyl (C=O) groups excluding carboxylic acids is 4. The molecule has 1 aliphatic heterocycles. The topological polar surface area (TPSA) is 278 Å². The molecule has 0 spiro atoms. The first kappa shape index (κ1) is 99.9. The predicted octanol–water partition coefficient (Wildman–Crippen LogP) is 23.0. The van der Waals surface area contributed by atoms with Crippen molar-refractivity contribution in [1.29, 1.82) is 0 Å². The molecule has 147 heavy (non-hydrogen) atoms. The van der Waals surface area contributed by atoms with Gasteiger partial charge in [-0.25, -0.2) is 0 Å². The van der Waals surface area contributed by atoms with Crippen molar-refractivity contribution in [2.24, 2.45) is 0 Å². The summed E-state index contributed by atoms with van der Waals surface area (Å²) in [6, 6.07) is 127. The van der Waals surface area contributed by atoms with Crippen LogP contribution in [0.5, 0.6) is 69.0 Å². The molecule has 22 nitrogen and oxygen atoms in total. The van der Waals surface area contributed by atoms with Gasteiger partial charge < -0.3 is 86.7 Å². The van der Waals surface area contributed by atoms with Crippen molar-refractivity contribution in [2.75, 3.05) is 0 Å². The maximum atomic E-state index is 18.8. The van der Waals surface area contributed by atoms with Crippen LogP contribution in [0.3, 0.4) is 0 Å². The third-order valence-corrected chi connectivity index (χ3v) is 24.9. The highest BCUT2D eigenvalue weighted by atomic mass is 16.7. The summed E-state index contributed by atoms with van der Waals surface area (Å²) in [5.41, 5.74) is -8.44. The fourth-order valence-electron chi connectivity index (χ4n) is 17.1. The van der Waals surface area contributed by atoms with Crippen LogP contribution in [-0.2, 0) is 95.4 Å². The van der Waals surface area contributed by atoms with E-state index >= 15 is 34.5 Å². The van der Waals surface area contributed by atoms with Crippen LogP contribution in [0.15, 0.2) is 443 Å². The average Bonchev–Trinajstić information content (AvgIpc) is 0.668. The van der Waals surface area contributed by atoms with E-state index in [2.05, 4.69) is 0 Å². The van der Waals surface area contributed by atoms with Gasteiger partial charge in [-0.1, -0.05) is 394 Å². The van der Waals surface area contributed by atoms with Gasteiger partial charge in [-0.15, -0.1) is 0 Å². The van der Waals surface area contributed by atoms with E-state index in [0.29, 0.717) is 66.8 Å². The summed E-state index contributed by atoms with van der Waals surface area (Å²) in [5.74, 6) is -9.14. The van der Waals surface area contributed by atoms with Crippen LogP contribution in [-0.4, -0.2) is 78.9 Å². The summed E-state index contributed by atoms with van der Waals surface area (Å²) in [7, 11) is 0. The van der Waals surface area contributed by atoms with Crippen molar-refractivity contribution in [1.82, 2.24) is 0 Å². The normalized spacial score (nSPS) is 15.9. The summed E-state index contributed by atoms with van der Waals surface area (Å²) >= 11 is 0. The number of aliphatic hydroxyl groups is 4. The minimum Gasteiger partial charge on any atom is -0.485 e. The molecule has 1 fully saturated rings. The van der Waals surface area contributed by atoms with Crippen LogP contribution in [0.25, 0.3) is 0 Å². The molecular weight excluding hydrogens is 1850 g/mol. The number of aliphatic hydroxyl groups excluding tert-OH is 1. The monoisotopic (exact) mass is 1960 g/mol. The molecule has 17 aromatic rings. The first-order chi connectivity index (χ1) is 72.1. The summed E-state index contributed by atoms with van der Waals surface area (Å²) in [6.07, 6.45) is -9.29. The Kier molecular flexibility index (Phi) is 32.8. The van der Waals surface area contributed by atoms with E-state index in [9.17, 15) is 5.11 Å². The maximum absolute atomic E-state index is 18.8. The number of ketones is 4. The second kappa shape index (κ2) is 48.2. The Bertz CT molecular complexity index is 6940. The van der Waals surface area contributed by atoms with Gasteiger partial charge in [0.2, 0.25) is 51.5 Å². The van der Waals surface area contributed by atoms with Crippen LogP contribution in [0, 0.1) is 0 Å². The molecular formula is C125H106O22. The van der Waals surface area contributed by atoms with Gasteiger partial charge in [0.15, 0.2) is 63.7 Å². The number of rotatable bonds is 48. The highest BCUT2D eigenvalue weighted by Crippen LogP contribution is 2.56. The zero-order valence-electron chi connectivity index (χ0n) is 80.2. The van der Waals surface area contributed by atoms with Crippen LogP contribution < -0.4 is 56.8 Å². The van der Waals surface area contributed by atoms with Gasteiger partial charge in [-0.2, -0.15) is 0 Å². The molecule has 6 atom stereocenters. The van der Waals surface area contributed by atoms with Crippen LogP contribution >= 0.6 is 0 Å². The minimum atomic E-state index is -4.75. The first-order valence-electron chi connectivity index (χ1n) is 48.2. The first-order valence-corrected chi connectivity index (χ1v) is 48.2. The molecule has 1 saturated heterocycles. The lowest BCUT2D eigenvalue weighted by molar-refractivity contribution is -0.364. The largest absolute Gasteiger partial charge is 0.485 e. The fraction of sp³-hybridized carbons (Fsp3) is 0.152. The lowest BCUT2D eigenvalue weighted by atomic mass is 9.57. The Hall–Kier alpha value is -17.2. The lowest BCUT2D eigenvalue weighted by Gasteiger charge is -2.58. The van der Waals surface area contributed by atoms with Crippen molar-refractivity contribution >= 4 is 23.1 Å². The molecule has 0 aliphatic carbocycles. The van der Waals surface area contributed by atoms with Crippen LogP contribution in [0.4, 0.5) is 0 Å². The zero-order valence-corrected chi connectivity index (χ0v) is 80.2. The van der Waals surface area contributed by atoms with Crippen molar-refractivity contribution in [3.05, 3.63) is 537 Å². The molecule has 0 saturated carbocycles. The van der Waals surface area contributed by atoms with Gasteiger partial charge in [0.1, 0.15) is 91.5 Å². The minimum absolute atomic E-state index is 0.0178. The fourth-order valence-corrected chi connectivity index (χ4v) is 17.1. The second-order valence-corrected chi connectivity index (χ2v) is 35.2. The van der Waals surface area contributed by atoms with Crippen LogP contribution in [0.1, 0.15) is 114 Å². The van der Waals surface area contributed by atoms with E-state index < -0.39 is 87.3 Å². The van der Waals surface area contributed by atoms with Gasteiger partial charge in [0.05, 0.1) is 6.61 Å². The number of hydrogen-bond acceptors (Lipinski definition) is 22. The van der Waals surface area contributed by atoms with Gasteiger partial charge in [0.25, 0.3) is 0 Å².